The molecule has 0 rings (SSSR count). The van der Waals surface area contributed by atoms with Crippen LogP contribution in [-0.2, 0) is 21.7 Å². The second-order valence-electron chi connectivity index (χ2n) is 0. The molecule has 0 aliphatic carbocycles. The van der Waals surface area contributed by atoms with E-state index in [4.69, 9.17) is 0 Å². The van der Waals surface area contributed by atoms with Gasteiger partial charge in [0, 0.05) is 77.5 Å². The van der Waals surface area contributed by atoms with Crippen molar-refractivity contribution in [1.82, 2.24) is 0 Å². The first-order chi connectivity index (χ1) is 0. The van der Waals surface area contributed by atoms with Crippen molar-refractivity contribution in [3.8, 4) is 0 Å². The van der Waals surface area contributed by atoms with Crippen LogP contribution in [0.5, 0.6) is 0 Å². The first-order valence-electron chi connectivity index (χ1n) is 0. The number of hydrogen-bond donors (Lipinski definition) is 0. The summed E-state index contributed by atoms with van der Waals surface area (Å²) in [6, 6.07) is 0. The molecule has 0 aliphatic rings. The zero-order chi connectivity index (χ0) is 0. The monoisotopic (exact) mass is 298 g/mol. The van der Waals surface area contributed by atoms with Crippen LogP contribution in [0, 0.1) is 0 Å². The molecule has 0 saturated carbocycles. The standard InChI is InChI=1S/Bi.Na.H2O.Ti/h;;1H2;. The second kappa shape index (κ2) is 17.6. The maximum absolute atomic E-state index is 0. The van der Waals surface area contributed by atoms with E-state index in [1.54, 1.807) is 0 Å². The van der Waals surface area contributed by atoms with E-state index >= 15 is 0 Å². The van der Waals surface area contributed by atoms with Crippen molar-refractivity contribution in [2.45, 2.75) is 0 Å². The van der Waals surface area contributed by atoms with Crippen LogP contribution in [0.15, 0.2) is 0 Å². The zero-order valence-corrected chi connectivity index (χ0v) is 9.49. The summed E-state index contributed by atoms with van der Waals surface area (Å²) in [5.74, 6) is 0. The van der Waals surface area contributed by atoms with Gasteiger partial charge in [-0.3, -0.25) is 0 Å². The minimum atomic E-state index is 0. The Morgan fingerprint density at radius 3 is 1.00 bits per heavy atom. The molecule has 4 heavy (non-hydrogen) atoms. The van der Waals surface area contributed by atoms with E-state index in [0.29, 0.717) is 0 Å². The third kappa shape index (κ3) is 8.82. The predicted molar refractivity (Wildman–Crippen MR) is 15.1 cm³/mol. The molecule has 2 N–H and O–H groups in total. The fourth-order valence-corrected chi connectivity index (χ4v) is 0. The molecule has 0 amide bonds. The van der Waals surface area contributed by atoms with Crippen LogP contribution in [0.1, 0.15) is 0 Å². The summed E-state index contributed by atoms with van der Waals surface area (Å²) in [6.07, 6.45) is 0. The van der Waals surface area contributed by atoms with E-state index in [9.17, 15) is 0 Å². The molecule has 0 aliphatic heterocycles. The summed E-state index contributed by atoms with van der Waals surface area (Å²) in [5.41, 5.74) is 0. The van der Waals surface area contributed by atoms with Crippen LogP contribution >= 0.6 is 0 Å². The van der Waals surface area contributed by atoms with Gasteiger partial charge in [-0.15, -0.1) is 0 Å². The average Bonchev–Trinajstić information content (AvgIpc) is 0. The molecule has 18 valence electrons. The van der Waals surface area contributed by atoms with E-state index in [2.05, 4.69) is 0 Å². The van der Waals surface area contributed by atoms with Crippen molar-refractivity contribution in [2.75, 3.05) is 0 Å². The van der Waals surface area contributed by atoms with Gasteiger partial charge in [0.1, 0.15) is 0 Å². The molecular weight excluding hydrogens is 296 g/mol. The van der Waals surface area contributed by atoms with Gasteiger partial charge < -0.3 is 5.48 Å². The molecule has 0 aromatic carbocycles. The van der Waals surface area contributed by atoms with Gasteiger partial charge in [-0.25, -0.2) is 0 Å². The van der Waals surface area contributed by atoms with Gasteiger partial charge in [0.2, 0.25) is 0 Å². The van der Waals surface area contributed by atoms with E-state index in [1.165, 1.54) is 0 Å². The topological polar surface area (TPSA) is 31.5 Å². The molecule has 0 aromatic heterocycles. The molecule has 0 heterocycles. The first-order valence-corrected chi connectivity index (χ1v) is 0. The zero-order valence-electron chi connectivity index (χ0n) is 2.45. The third-order valence-electron chi connectivity index (χ3n) is 0. The van der Waals surface area contributed by atoms with Crippen molar-refractivity contribution < 1.29 is 27.2 Å². The van der Waals surface area contributed by atoms with Gasteiger partial charge in [0.15, 0.2) is 0 Å². The van der Waals surface area contributed by atoms with Crippen molar-refractivity contribution in [2.24, 2.45) is 0 Å². The van der Waals surface area contributed by atoms with Gasteiger partial charge in [-0.1, -0.05) is 0 Å². The van der Waals surface area contributed by atoms with E-state index < -0.39 is 0 Å². The molecule has 0 bridgehead atoms. The fourth-order valence-electron chi connectivity index (χ4n) is 0. The van der Waals surface area contributed by atoms with Gasteiger partial charge in [-0.05, 0) is 0 Å². The van der Waals surface area contributed by atoms with Crippen LogP contribution in [0.4, 0.5) is 0 Å². The average molecular weight is 298 g/mol. The molecule has 0 unspecified atom stereocenters. The smallest absolute Gasteiger partial charge is 0 e. The van der Waals surface area contributed by atoms with Crippen molar-refractivity contribution in [1.29, 1.82) is 0 Å². The summed E-state index contributed by atoms with van der Waals surface area (Å²) in [7, 11) is 0. The molecule has 0 atom stereocenters. The van der Waals surface area contributed by atoms with Gasteiger partial charge in [0.25, 0.3) is 0 Å². The molecule has 0 saturated heterocycles. The molecule has 0 aromatic rings. The molecule has 0 fully saturated rings. The third-order valence-corrected chi connectivity index (χ3v) is 0. The quantitative estimate of drug-likeness (QED) is 0.483. The maximum Gasteiger partial charge on any atom is 0 e. The number of hydrogen-bond acceptors (Lipinski definition) is 0. The van der Waals surface area contributed by atoms with Gasteiger partial charge in [-0.2, -0.15) is 0 Å². The van der Waals surface area contributed by atoms with Crippen LogP contribution in [-0.4, -0.2) is 61.2 Å². The minimum Gasteiger partial charge on any atom is -0.412 e. The van der Waals surface area contributed by atoms with Crippen molar-refractivity contribution in [3.05, 3.63) is 0 Å². The fraction of sp³-hybridized carbons (Fsp3) is 0. The Kier molecular flexibility index (Phi) is 137. The van der Waals surface area contributed by atoms with Crippen molar-refractivity contribution >= 4 is 55.8 Å². The van der Waals surface area contributed by atoms with E-state index in [1.807, 2.05) is 0 Å². The summed E-state index contributed by atoms with van der Waals surface area (Å²) >= 11 is 0. The summed E-state index contributed by atoms with van der Waals surface area (Å²) in [5, 5.41) is 0. The second-order valence-corrected chi connectivity index (χ2v) is 0. The Morgan fingerprint density at radius 1 is 1.00 bits per heavy atom. The Hall–Kier alpha value is 2.56. The normalized spacial score (nSPS) is 0. The van der Waals surface area contributed by atoms with Crippen molar-refractivity contribution in [3.63, 3.8) is 0 Å². The Balaban J connectivity index is 0. The predicted octanol–water partition coefficient (Wildman–Crippen LogP) is -1.59. The molecule has 0 spiro atoms. The van der Waals surface area contributed by atoms with Crippen LogP contribution < -0.4 is 0 Å². The summed E-state index contributed by atoms with van der Waals surface area (Å²) in [4.78, 5) is 0. The van der Waals surface area contributed by atoms with Crippen LogP contribution in [0.2, 0.25) is 0 Å². The molecular formula is H2BiNaOTi. The van der Waals surface area contributed by atoms with Crippen LogP contribution in [0.25, 0.3) is 0 Å². The Morgan fingerprint density at radius 2 is 1.00 bits per heavy atom. The van der Waals surface area contributed by atoms with E-state index in [-0.39, 0.29) is 83.0 Å². The Bertz CT molecular complexity index is 8.00. The molecule has 4 heteroatoms. The SMILES string of the molecule is O.[Bi].[Na].[Ti]. The van der Waals surface area contributed by atoms with Crippen LogP contribution in [0.3, 0.4) is 0 Å². The molecule has 4 radical (unpaired) electrons. The largest absolute Gasteiger partial charge is 0.412 e. The minimum absolute atomic E-state index is 0. The van der Waals surface area contributed by atoms with E-state index in [0.717, 1.165) is 0 Å². The Labute approximate surface area is 81.5 Å². The van der Waals surface area contributed by atoms with Gasteiger partial charge in [0.05, 0.1) is 0 Å². The maximum atomic E-state index is 0. The molecule has 1 nitrogen and oxygen atoms in total. The summed E-state index contributed by atoms with van der Waals surface area (Å²) < 4.78 is 0. The number of rotatable bonds is 0. The first kappa shape index (κ1) is 31.0. The van der Waals surface area contributed by atoms with Gasteiger partial charge >= 0.3 is 0 Å². The summed E-state index contributed by atoms with van der Waals surface area (Å²) in [6.45, 7) is 0.